The van der Waals surface area contributed by atoms with Gasteiger partial charge in [0.15, 0.2) is 0 Å². The summed E-state index contributed by atoms with van der Waals surface area (Å²) in [6.45, 7) is 8.66. The molecule has 0 unspecified atom stereocenters. The van der Waals surface area contributed by atoms with Crippen molar-refractivity contribution in [1.82, 2.24) is 5.32 Å². The highest BCUT2D eigenvalue weighted by atomic mass is 16.5. The van der Waals surface area contributed by atoms with Crippen LogP contribution in [0.1, 0.15) is 58.1 Å². The number of nitrogens with one attached hydrogen (secondary N) is 1. The minimum absolute atomic E-state index is 0.134. The molecule has 1 saturated carbocycles. The second-order valence-corrected chi connectivity index (χ2v) is 9.86. The molecule has 1 amide bonds. The first kappa shape index (κ1) is 25.7. The molecule has 1 aliphatic carbocycles. The van der Waals surface area contributed by atoms with Crippen LogP contribution in [0.3, 0.4) is 0 Å². The van der Waals surface area contributed by atoms with E-state index < -0.39 is 5.97 Å². The lowest BCUT2D eigenvalue weighted by molar-refractivity contribution is -0.152. The first-order chi connectivity index (χ1) is 16.3. The fourth-order valence-corrected chi connectivity index (χ4v) is 4.84. The Morgan fingerprint density at radius 1 is 1.03 bits per heavy atom. The van der Waals surface area contributed by atoms with Gasteiger partial charge in [-0.1, -0.05) is 87.9 Å². The molecule has 1 aliphatic rings. The van der Waals surface area contributed by atoms with Crippen molar-refractivity contribution < 1.29 is 19.1 Å². The van der Waals surface area contributed by atoms with Crippen LogP contribution >= 0.6 is 0 Å². The molecule has 0 heterocycles. The van der Waals surface area contributed by atoms with Gasteiger partial charge < -0.3 is 14.8 Å². The quantitative estimate of drug-likeness (QED) is 0.301. The number of benzene rings is 2. The summed E-state index contributed by atoms with van der Waals surface area (Å²) in [4.78, 5) is 24.9. The molecule has 34 heavy (non-hydrogen) atoms. The van der Waals surface area contributed by atoms with Gasteiger partial charge in [-0.15, -0.1) is 0 Å². The fourth-order valence-electron chi connectivity index (χ4n) is 4.84. The van der Waals surface area contributed by atoms with Crippen molar-refractivity contribution in [1.29, 1.82) is 0 Å². The standard InChI is InChI=1S/C29H37NO4/c1-21-15-16-25(29(3,4)24-13-9-6-10-14-24)27(19-21)34-28(32)26(30-22(2)31)17-18-33-20-23-11-7-5-8-12-23/h5-14,17,21,25,27H,15-16,18-20H2,1-4H3,(H,30,31)/b26-17-/t21-,25-,27-/m1/s1. The number of carbonyl (C=O) groups excluding carboxylic acids is 2. The van der Waals surface area contributed by atoms with E-state index in [0.29, 0.717) is 12.5 Å². The first-order valence-electron chi connectivity index (χ1n) is 12.1. The lowest BCUT2D eigenvalue weighted by Crippen LogP contribution is -2.44. The van der Waals surface area contributed by atoms with Crippen LogP contribution < -0.4 is 5.32 Å². The Morgan fingerprint density at radius 3 is 2.32 bits per heavy atom. The van der Waals surface area contributed by atoms with Crippen LogP contribution in [0.5, 0.6) is 0 Å². The van der Waals surface area contributed by atoms with E-state index in [4.69, 9.17) is 9.47 Å². The number of esters is 1. The Labute approximate surface area is 203 Å². The highest BCUT2D eigenvalue weighted by Gasteiger charge is 2.42. The van der Waals surface area contributed by atoms with Gasteiger partial charge in [-0.25, -0.2) is 4.79 Å². The Morgan fingerprint density at radius 2 is 1.68 bits per heavy atom. The lowest BCUT2D eigenvalue weighted by atomic mass is 9.64. The smallest absolute Gasteiger partial charge is 0.354 e. The van der Waals surface area contributed by atoms with Crippen molar-refractivity contribution in [2.24, 2.45) is 11.8 Å². The summed E-state index contributed by atoms with van der Waals surface area (Å²) in [5.74, 6) is -0.165. The third-order valence-electron chi connectivity index (χ3n) is 6.80. The summed E-state index contributed by atoms with van der Waals surface area (Å²) < 4.78 is 11.8. The average Bonchev–Trinajstić information content (AvgIpc) is 2.82. The van der Waals surface area contributed by atoms with Crippen LogP contribution in [0.4, 0.5) is 0 Å². The monoisotopic (exact) mass is 463 g/mol. The molecule has 0 spiro atoms. The van der Waals surface area contributed by atoms with Gasteiger partial charge in [0.25, 0.3) is 0 Å². The van der Waals surface area contributed by atoms with Gasteiger partial charge in [-0.05, 0) is 41.4 Å². The van der Waals surface area contributed by atoms with Crippen molar-refractivity contribution in [2.45, 2.75) is 65.1 Å². The molecule has 5 nitrogen and oxygen atoms in total. The number of hydrogen-bond acceptors (Lipinski definition) is 4. The van der Waals surface area contributed by atoms with Gasteiger partial charge in [-0.2, -0.15) is 0 Å². The molecule has 0 bridgehead atoms. The zero-order valence-corrected chi connectivity index (χ0v) is 20.8. The second kappa shape index (κ2) is 12.0. The molecule has 0 aromatic heterocycles. The van der Waals surface area contributed by atoms with Gasteiger partial charge in [0, 0.05) is 12.8 Å². The number of rotatable bonds is 9. The molecule has 2 aromatic carbocycles. The van der Waals surface area contributed by atoms with Crippen LogP contribution in [0.15, 0.2) is 72.4 Å². The Kier molecular flexibility index (Phi) is 9.05. The summed E-state index contributed by atoms with van der Waals surface area (Å²) in [7, 11) is 0. The van der Waals surface area contributed by atoms with Crippen molar-refractivity contribution in [3.8, 4) is 0 Å². The number of hydrogen-bond donors (Lipinski definition) is 1. The Bertz CT molecular complexity index is 968. The van der Waals surface area contributed by atoms with Crippen molar-refractivity contribution in [3.63, 3.8) is 0 Å². The molecule has 0 saturated heterocycles. The van der Waals surface area contributed by atoms with Crippen LogP contribution in [0, 0.1) is 11.8 Å². The third-order valence-corrected chi connectivity index (χ3v) is 6.80. The van der Waals surface area contributed by atoms with Crippen LogP contribution in [-0.4, -0.2) is 24.6 Å². The van der Waals surface area contributed by atoms with Crippen molar-refractivity contribution >= 4 is 11.9 Å². The average molecular weight is 464 g/mol. The molecule has 1 N–H and O–H groups in total. The molecule has 0 radical (unpaired) electrons. The van der Waals surface area contributed by atoms with E-state index >= 15 is 0 Å². The van der Waals surface area contributed by atoms with E-state index in [1.54, 1.807) is 6.08 Å². The highest BCUT2D eigenvalue weighted by molar-refractivity contribution is 5.93. The predicted octanol–water partition coefficient (Wildman–Crippen LogP) is 5.55. The highest BCUT2D eigenvalue weighted by Crippen LogP contribution is 2.43. The third kappa shape index (κ3) is 7.04. The van der Waals surface area contributed by atoms with Gasteiger partial charge in [0.1, 0.15) is 11.8 Å². The minimum atomic E-state index is -0.508. The van der Waals surface area contributed by atoms with Crippen LogP contribution in [0.25, 0.3) is 0 Å². The van der Waals surface area contributed by atoms with Crippen LogP contribution in [0.2, 0.25) is 0 Å². The van der Waals surface area contributed by atoms with Crippen molar-refractivity contribution in [2.75, 3.05) is 6.61 Å². The zero-order chi connectivity index (χ0) is 24.6. The summed E-state index contributed by atoms with van der Waals surface area (Å²) in [6.07, 6.45) is 4.27. The lowest BCUT2D eigenvalue weighted by Gasteiger charge is -2.44. The second-order valence-electron chi connectivity index (χ2n) is 9.86. The predicted molar refractivity (Wildman–Crippen MR) is 134 cm³/mol. The molecule has 1 fully saturated rings. The molecule has 2 aromatic rings. The van der Waals surface area contributed by atoms with E-state index in [9.17, 15) is 9.59 Å². The normalized spacial score (nSPS) is 21.1. The van der Waals surface area contributed by atoms with Gasteiger partial charge >= 0.3 is 5.97 Å². The maximum atomic E-state index is 13.2. The zero-order valence-electron chi connectivity index (χ0n) is 20.8. The summed E-state index contributed by atoms with van der Waals surface area (Å²) in [5.41, 5.74) is 2.27. The van der Waals surface area contributed by atoms with E-state index in [1.807, 2.05) is 36.4 Å². The molecule has 3 atom stereocenters. The van der Waals surface area contributed by atoms with E-state index in [1.165, 1.54) is 12.5 Å². The number of ether oxygens (including phenoxy) is 2. The first-order valence-corrected chi connectivity index (χ1v) is 12.1. The summed E-state index contributed by atoms with van der Waals surface area (Å²) in [5, 5.41) is 2.63. The van der Waals surface area contributed by atoms with E-state index in [0.717, 1.165) is 24.8 Å². The molecular formula is C29H37NO4. The van der Waals surface area contributed by atoms with E-state index in [-0.39, 0.29) is 35.6 Å². The molecule has 5 heteroatoms. The van der Waals surface area contributed by atoms with Crippen LogP contribution in [-0.2, 0) is 31.1 Å². The molecule has 3 rings (SSSR count). The number of amides is 1. The van der Waals surface area contributed by atoms with Crippen molar-refractivity contribution in [3.05, 3.63) is 83.6 Å². The maximum absolute atomic E-state index is 13.2. The summed E-state index contributed by atoms with van der Waals surface area (Å²) in [6, 6.07) is 20.2. The molecule has 182 valence electrons. The number of carbonyl (C=O) groups is 2. The topological polar surface area (TPSA) is 64.6 Å². The Hall–Kier alpha value is -2.92. The molecular weight excluding hydrogens is 426 g/mol. The SMILES string of the molecule is CC(=O)N/C(=C\COCc1ccccc1)C(=O)O[C@@H]1C[C@H](C)CC[C@H]1C(C)(C)c1ccccc1. The molecule has 0 aliphatic heterocycles. The largest absolute Gasteiger partial charge is 0.457 e. The maximum Gasteiger partial charge on any atom is 0.354 e. The van der Waals surface area contributed by atoms with Gasteiger partial charge in [-0.3, -0.25) is 4.79 Å². The van der Waals surface area contributed by atoms with Gasteiger partial charge in [0.05, 0.1) is 13.2 Å². The van der Waals surface area contributed by atoms with Gasteiger partial charge in [0.2, 0.25) is 5.91 Å². The Balaban J connectivity index is 1.71. The fraction of sp³-hybridized carbons (Fsp3) is 0.448. The summed E-state index contributed by atoms with van der Waals surface area (Å²) >= 11 is 0. The van der Waals surface area contributed by atoms with E-state index in [2.05, 4.69) is 50.4 Å². The minimum Gasteiger partial charge on any atom is -0.457 e.